The molecule has 0 radical (unpaired) electrons. The molecule has 5 rings (SSSR count). The lowest BCUT2D eigenvalue weighted by molar-refractivity contribution is -0.0763. The molecular formula is C16H15Cl2N5O7PS+. The number of anilines is 1. The second-order valence-corrected chi connectivity index (χ2v) is 10.3. The molecule has 12 nitrogen and oxygen atoms in total. The highest BCUT2D eigenvalue weighted by molar-refractivity contribution is 7.99. The smallest absolute Gasteiger partial charge is 0.385 e. The Morgan fingerprint density at radius 2 is 2.09 bits per heavy atom. The van der Waals surface area contributed by atoms with E-state index in [1.165, 1.54) is 4.57 Å². The number of aromatic amines is 1. The maximum atomic E-state index is 12.4. The minimum atomic E-state index is -4.08. The van der Waals surface area contributed by atoms with Gasteiger partial charge in [0, 0.05) is 9.92 Å². The van der Waals surface area contributed by atoms with Crippen molar-refractivity contribution in [3.63, 3.8) is 0 Å². The molecule has 32 heavy (non-hydrogen) atoms. The minimum Gasteiger partial charge on any atom is -0.385 e. The van der Waals surface area contributed by atoms with Gasteiger partial charge in [0.2, 0.25) is 5.95 Å². The lowest BCUT2D eigenvalue weighted by Crippen LogP contribution is -2.40. The Hall–Kier alpha value is -1.51. The van der Waals surface area contributed by atoms with Gasteiger partial charge in [0.05, 0.1) is 5.02 Å². The van der Waals surface area contributed by atoms with E-state index in [4.69, 9.17) is 42.7 Å². The topological polar surface area (TPSA) is 178 Å². The van der Waals surface area contributed by atoms with Gasteiger partial charge in [-0.25, -0.2) is 4.98 Å². The number of aliphatic hydroxyl groups is 1. The summed E-state index contributed by atoms with van der Waals surface area (Å²) in [5, 5.41) is 11.9. The molecule has 170 valence electrons. The zero-order valence-corrected chi connectivity index (χ0v) is 19.0. The van der Waals surface area contributed by atoms with Crippen LogP contribution >= 0.6 is 43.1 Å². The summed E-state index contributed by atoms with van der Waals surface area (Å²) in [7, 11) is -4.08. The first-order valence-electron chi connectivity index (χ1n) is 9.04. The van der Waals surface area contributed by atoms with Crippen molar-refractivity contribution in [2.45, 2.75) is 34.6 Å². The SMILES string of the molecule is Nc1nc2c(nc(Sc3ccc(Cl)cc3Cl)n2C2OC3CO[P+](O)(O)OC3C2O)c(=O)[nH]1. The van der Waals surface area contributed by atoms with Gasteiger partial charge in [-0.2, -0.15) is 19.3 Å². The first-order chi connectivity index (χ1) is 15.1. The molecule has 0 aliphatic carbocycles. The first-order valence-corrected chi connectivity index (χ1v) is 12.1. The lowest BCUT2D eigenvalue weighted by atomic mass is 10.1. The van der Waals surface area contributed by atoms with Gasteiger partial charge in [-0.3, -0.25) is 14.3 Å². The van der Waals surface area contributed by atoms with E-state index >= 15 is 0 Å². The van der Waals surface area contributed by atoms with Crippen LogP contribution in [0.5, 0.6) is 0 Å². The first kappa shape index (κ1) is 22.3. The third-order valence-electron chi connectivity index (χ3n) is 4.86. The Balaban J connectivity index is 1.63. The van der Waals surface area contributed by atoms with Crippen LogP contribution in [-0.4, -0.2) is 59.3 Å². The number of nitrogens with zero attached hydrogens (tertiary/aromatic N) is 3. The second kappa shape index (κ2) is 8.06. The number of aliphatic hydroxyl groups excluding tert-OH is 1. The second-order valence-electron chi connectivity index (χ2n) is 6.98. The highest BCUT2D eigenvalue weighted by Gasteiger charge is 2.60. The van der Waals surface area contributed by atoms with Crippen LogP contribution in [0.2, 0.25) is 10.0 Å². The quantitative estimate of drug-likeness (QED) is 0.314. The normalized spacial score (nSPS) is 27.0. The third kappa shape index (κ3) is 3.88. The van der Waals surface area contributed by atoms with Crippen LogP contribution < -0.4 is 11.3 Å². The largest absolute Gasteiger partial charge is 0.570 e. The monoisotopic (exact) mass is 522 g/mol. The fraction of sp³-hybridized carbons (Fsp3) is 0.312. The minimum absolute atomic E-state index is 0.0409. The summed E-state index contributed by atoms with van der Waals surface area (Å²) in [6, 6.07) is 4.86. The molecule has 2 aromatic heterocycles. The predicted molar refractivity (Wildman–Crippen MR) is 115 cm³/mol. The van der Waals surface area contributed by atoms with Crippen LogP contribution in [0.3, 0.4) is 0 Å². The standard InChI is InChI=1S/C16H14Cl2N5O7PS/c17-5-1-2-8(6(18)3-5)32-16-20-9-12(21-15(19)22-13(9)25)23(16)14-10(24)11-7(29-14)4-28-31(26,27)30-11/h1-3,7,10-11,14,24,26-27H,4H2,(H2-,19,21,22,25)/p+1. The summed E-state index contributed by atoms with van der Waals surface area (Å²) in [6.45, 7) is -0.215. The van der Waals surface area contributed by atoms with Gasteiger partial charge in [0.15, 0.2) is 28.7 Å². The van der Waals surface area contributed by atoms with Crippen LogP contribution in [0.1, 0.15) is 6.23 Å². The van der Waals surface area contributed by atoms with E-state index in [1.54, 1.807) is 18.2 Å². The number of fused-ring (bicyclic) bond motifs is 2. The molecule has 0 spiro atoms. The number of nitrogen functional groups attached to an aromatic ring is 1. The molecule has 0 saturated carbocycles. The predicted octanol–water partition coefficient (Wildman–Crippen LogP) is 1.50. The van der Waals surface area contributed by atoms with Crippen molar-refractivity contribution in [3.05, 3.63) is 38.6 Å². The lowest BCUT2D eigenvalue weighted by Gasteiger charge is -2.24. The molecule has 4 unspecified atom stereocenters. The van der Waals surface area contributed by atoms with Crippen molar-refractivity contribution in [1.29, 1.82) is 0 Å². The zero-order valence-electron chi connectivity index (χ0n) is 15.8. The number of hydrogen-bond acceptors (Lipinski definition) is 11. The number of imidazole rings is 1. The Labute approximate surface area is 193 Å². The van der Waals surface area contributed by atoms with Gasteiger partial charge in [0.25, 0.3) is 5.56 Å². The molecule has 16 heteroatoms. The fourth-order valence-electron chi connectivity index (χ4n) is 3.50. The number of ether oxygens (including phenoxy) is 1. The molecule has 2 aliphatic heterocycles. The highest BCUT2D eigenvalue weighted by atomic mass is 35.5. The van der Waals surface area contributed by atoms with Crippen molar-refractivity contribution in [2.24, 2.45) is 0 Å². The molecular weight excluding hydrogens is 508 g/mol. The Morgan fingerprint density at radius 1 is 1.31 bits per heavy atom. The van der Waals surface area contributed by atoms with Gasteiger partial charge in [0.1, 0.15) is 18.8 Å². The molecule has 4 heterocycles. The van der Waals surface area contributed by atoms with Crippen molar-refractivity contribution in [1.82, 2.24) is 19.5 Å². The Bertz CT molecular complexity index is 1270. The zero-order chi connectivity index (χ0) is 22.8. The summed E-state index contributed by atoms with van der Waals surface area (Å²) >= 11 is 13.3. The van der Waals surface area contributed by atoms with E-state index in [1.807, 2.05) is 0 Å². The fourth-order valence-corrected chi connectivity index (χ4v) is 5.91. The summed E-state index contributed by atoms with van der Waals surface area (Å²) in [4.78, 5) is 43.4. The van der Waals surface area contributed by atoms with Crippen molar-refractivity contribution in [3.8, 4) is 0 Å². The molecule has 1 aromatic carbocycles. The summed E-state index contributed by atoms with van der Waals surface area (Å²) in [6.07, 6.45) is -4.43. The van der Waals surface area contributed by atoms with Crippen LogP contribution in [-0.2, 0) is 13.8 Å². The molecule has 6 N–H and O–H groups in total. The number of nitrogens with two attached hydrogens (primary N) is 1. The van der Waals surface area contributed by atoms with Crippen molar-refractivity contribution < 1.29 is 28.7 Å². The molecule has 3 aromatic rings. The third-order valence-corrected chi connectivity index (χ3v) is 7.57. The van der Waals surface area contributed by atoms with E-state index in [9.17, 15) is 19.7 Å². The number of benzene rings is 1. The van der Waals surface area contributed by atoms with Gasteiger partial charge in [-0.15, -0.1) is 4.52 Å². The van der Waals surface area contributed by atoms with Crippen LogP contribution in [0.25, 0.3) is 11.2 Å². The maximum absolute atomic E-state index is 12.4. The molecule has 2 saturated heterocycles. The average molecular weight is 523 g/mol. The summed E-state index contributed by atoms with van der Waals surface area (Å²) < 4.78 is 17.3. The molecule has 0 bridgehead atoms. The molecule has 0 amide bonds. The number of aromatic nitrogens is 4. The van der Waals surface area contributed by atoms with Crippen molar-refractivity contribution in [2.75, 3.05) is 12.3 Å². The van der Waals surface area contributed by atoms with Gasteiger partial charge < -0.3 is 15.6 Å². The van der Waals surface area contributed by atoms with Crippen LogP contribution in [0, 0.1) is 0 Å². The van der Waals surface area contributed by atoms with Crippen LogP contribution in [0.15, 0.2) is 33.0 Å². The molecule has 2 aliphatic rings. The summed E-state index contributed by atoms with van der Waals surface area (Å²) in [5.41, 5.74) is 5.15. The Kier molecular flexibility index (Phi) is 5.62. The number of nitrogens with one attached hydrogen (secondary N) is 1. The molecule has 4 atom stereocenters. The van der Waals surface area contributed by atoms with E-state index < -0.39 is 38.3 Å². The Morgan fingerprint density at radius 3 is 2.84 bits per heavy atom. The van der Waals surface area contributed by atoms with Gasteiger partial charge >= 0.3 is 8.17 Å². The number of rotatable bonds is 3. The number of halogens is 2. The number of H-pyrrole nitrogens is 1. The van der Waals surface area contributed by atoms with Crippen molar-refractivity contribution >= 4 is 60.2 Å². The van der Waals surface area contributed by atoms with E-state index in [0.29, 0.717) is 14.9 Å². The molecule has 2 fully saturated rings. The van der Waals surface area contributed by atoms with E-state index in [2.05, 4.69) is 15.0 Å². The van der Waals surface area contributed by atoms with Gasteiger partial charge in [-0.05, 0) is 30.0 Å². The van der Waals surface area contributed by atoms with Crippen LogP contribution in [0.4, 0.5) is 5.95 Å². The number of hydrogen-bond donors (Lipinski definition) is 5. The maximum Gasteiger partial charge on any atom is 0.570 e. The summed E-state index contributed by atoms with van der Waals surface area (Å²) in [5.74, 6) is -0.162. The van der Waals surface area contributed by atoms with E-state index in [0.717, 1.165) is 11.8 Å². The highest BCUT2D eigenvalue weighted by Crippen LogP contribution is 2.59. The van der Waals surface area contributed by atoms with E-state index in [-0.39, 0.29) is 28.9 Å². The van der Waals surface area contributed by atoms with Gasteiger partial charge in [-0.1, -0.05) is 23.2 Å². The average Bonchev–Trinajstić information content (AvgIpc) is 3.21.